The van der Waals surface area contributed by atoms with E-state index in [4.69, 9.17) is 19.8 Å². The van der Waals surface area contributed by atoms with Crippen LogP contribution in [0.15, 0.2) is 26.5 Å². The summed E-state index contributed by atoms with van der Waals surface area (Å²) in [5, 5.41) is 14.1. The first-order valence-corrected chi connectivity index (χ1v) is 15.3. The van der Waals surface area contributed by atoms with Crippen LogP contribution in [0.2, 0.25) is 16.6 Å². The maximum Gasteiger partial charge on any atom is 0.258 e. The van der Waals surface area contributed by atoms with Crippen molar-refractivity contribution < 1.29 is 9.22 Å². The number of hydrogen-bond acceptors (Lipinski definition) is 5. The van der Waals surface area contributed by atoms with Crippen LogP contribution >= 0.6 is 8.07 Å². The fourth-order valence-electron chi connectivity index (χ4n) is 5.69. The third kappa shape index (κ3) is 3.84. The van der Waals surface area contributed by atoms with Crippen molar-refractivity contribution in [1.29, 1.82) is 0 Å². The molecule has 1 spiro atoms. The molecule has 3 rings (SSSR count). The first kappa shape index (κ1) is 24.6. The van der Waals surface area contributed by atoms with Crippen molar-refractivity contribution in [2.24, 2.45) is 20.7 Å². The molecule has 1 saturated carbocycles. The van der Waals surface area contributed by atoms with Crippen LogP contribution in [0.25, 0.3) is 0 Å². The monoisotopic (exact) mass is 464 g/mol. The summed E-state index contributed by atoms with van der Waals surface area (Å²) >= 11 is 0. The summed E-state index contributed by atoms with van der Waals surface area (Å²) in [4.78, 5) is 12.7. The van der Waals surface area contributed by atoms with Crippen molar-refractivity contribution >= 4 is 28.0 Å². The molecule has 6 nitrogen and oxygen atoms in total. The Morgan fingerprint density at radius 1 is 1.10 bits per heavy atom. The molecular formula is C23H41N4O2PSi. The Balaban J connectivity index is 2.20. The highest BCUT2D eigenvalue weighted by Crippen LogP contribution is 2.72. The summed E-state index contributed by atoms with van der Waals surface area (Å²) in [6.45, 7) is 22.0. The highest BCUT2D eigenvalue weighted by Gasteiger charge is 2.61. The second kappa shape index (κ2) is 8.37. The van der Waals surface area contributed by atoms with E-state index in [9.17, 15) is 4.79 Å². The first-order chi connectivity index (χ1) is 14.3. The Labute approximate surface area is 190 Å². The van der Waals surface area contributed by atoms with E-state index in [0.717, 1.165) is 42.6 Å². The molecule has 0 N–H and O–H groups in total. The second-order valence-electron chi connectivity index (χ2n) is 11.2. The minimum Gasteiger partial charge on any atom is -0.544 e. The summed E-state index contributed by atoms with van der Waals surface area (Å²) in [7, 11) is -3.33. The lowest BCUT2D eigenvalue weighted by molar-refractivity contribution is -0.124. The van der Waals surface area contributed by atoms with Gasteiger partial charge in [0.2, 0.25) is 5.91 Å². The van der Waals surface area contributed by atoms with Crippen LogP contribution in [0, 0.1) is 5.41 Å². The van der Waals surface area contributed by atoms with Gasteiger partial charge in [-0.1, -0.05) is 62.3 Å². The zero-order valence-electron chi connectivity index (χ0n) is 21.1. The number of amides is 1. The summed E-state index contributed by atoms with van der Waals surface area (Å²) < 4.78 is 8.99. The van der Waals surface area contributed by atoms with Gasteiger partial charge in [0.15, 0.2) is 5.28 Å². The minimum atomic E-state index is -2.20. The lowest BCUT2D eigenvalue weighted by atomic mass is 9.93. The molecule has 8 heteroatoms. The van der Waals surface area contributed by atoms with Gasteiger partial charge >= 0.3 is 0 Å². The van der Waals surface area contributed by atoms with Crippen molar-refractivity contribution in [1.82, 2.24) is 4.78 Å². The zero-order valence-corrected chi connectivity index (χ0v) is 23.0. The molecule has 2 unspecified atom stereocenters. The number of azo groups is 1. The van der Waals surface area contributed by atoms with Crippen molar-refractivity contribution in [3.63, 3.8) is 0 Å². The van der Waals surface area contributed by atoms with Crippen molar-refractivity contribution in [2.45, 2.75) is 117 Å². The fourth-order valence-corrected chi connectivity index (χ4v) is 14.2. The highest BCUT2D eigenvalue weighted by atomic mass is 31.1. The Bertz CT molecular complexity index is 806. The number of carbonyl (C=O) groups excluding carboxylic acids is 1. The second-order valence-corrected chi connectivity index (χ2v) is 18.8. The van der Waals surface area contributed by atoms with Gasteiger partial charge in [-0.05, 0) is 42.3 Å². The standard InChI is InChI=1S/C23H41N4O2PSi/c1-15(2)31(16(3)4,17(5)6)29-20(22(8,9)10)21-24-26-23-14-12-11-13-19(23)25-27(18(7)28)30(21)23/h15-17H,11-14H2,1-10H3/b21-20+. The molecule has 2 atom stereocenters. The van der Waals surface area contributed by atoms with E-state index in [-0.39, 0.29) is 11.3 Å². The molecule has 0 aromatic rings. The van der Waals surface area contributed by atoms with Crippen LogP contribution in [-0.2, 0) is 9.22 Å². The van der Waals surface area contributed by atoms with E-state index in [0.29, 0.717) is 16.6 Å². The molecular weight excluding hydrogens is 423 g/mol. The van der Waals surface area contributed by atoms with Gasteiger partial charge in [-0.3, -0.25) is 4.79 Å². The van der Waals surface area contributed by atoms with E-state index in [1.54, 1.807) is 11.7 Å². The lowest BCUT2D eigenvalue weighted by Gasteiger charge is -2.45. The maximum absolute atomic E-state index is 12.7. The SMILES string of the molecule is CC(=O)N1N=C2CCCCC23N=N/C(=C(\O[Si](C(C)C)(C(C)C)C(C)C)C(C)(C)C)P13. The van der Waals surface area contributed by atoms with E-state index < -0.39 is 21.7 Å². The van der Waals surface area contributed by atoms with Gasteiger partial charge < -0.3 is 4.43 Å². The molecule has 2 aliphatic heterocycles. The molecule has 2 heterocycles. The highest BCUT2D eigenvalue weighted by molar-refractivity contribution is 7.63. The normalized spacial score (nSPS) is 27.7. The number of hydrazone groups is 1. The summed E-state index contributed by atoms with van der Waals surface area (Å²) in [5.74, 6) is 0.917. The predicted molar refractivity (Wildman–Crippen MR) is 132 cm³/mol. The van der Waals surface area contributed by atoms with Crippen LogP contribution in [0.5, 0.6) is 0 Å². The smallest absolute Gasteiger partial charge is 0.258 e. The Hall–Kier alpha value is -1.07. The van der Waals surface area contributed by atoms with E-state index in [1.165, 1.54) is 0 Å². The van der Waals surface area contributed by atoms with Crippen LogP contribution in [0.4, 0.5) is 0 Å². The van der Waals surface area contributed by atoms with Gasteiger partial charge in [-0.2, -0.15) is 10.2 Å². The molecule has 0 aromatic heterocycles. The van der Waals surface area contributed by atoms with Crippen LogP contribution in [0.3, 0.4) is 0 Å². The minimum absolute atomic E-state index is 0.0227. The first-order valence-electron chi connectivity index (χ1n) is 11.8. The number of allylic oxidation sites excluding steroid dienone is 1. The van der Waals surface area contributed by atoms with Gasteiger partial charge in [0.1, 0.15) is 19.3 Å². The number of hydrogen-bond donors (Lipinski definition) is 0. The lowest BCUT2D eigenvalue weighted by Crippen LogP contribution is -2.48. The van der Waals surface area contributed by atoms with Crippen LogP contribution < -0.4 is 0 Å². The molecule has 174 valence electrons. The van der Waals surface area contributed by atoms with Gasteiger partial charge in [0, 0.05) is 12.3 Å². The van der Waals surface area contributed by atoms with E-state index >= 15 is 0 Å². The number of nitrogens with zero attached hydrogens (tertiary/aromatic N) is 4. The molecule has 0 saturated heterocycles. The molecule has 1 fully saturated rings. The van der Waals surface area contributed by atoms with Crippen molar-refractivity contribution in [3.8, 4) is 0 Å². The molecule has 31 heavy (non-hydrogen) atoms. The van der Waals surface area contributed by atoms with Gasteiger partial charge in [0.05, 0.1) is 5.71 Å². The van der Waals surface area contributed by atoms with Crippen LogP contribution in [0.1, 0.15) is 94.9 Å². The summed E-state index contributed by atoms with van der Waals surface area (Å²) in [6.07, 6.45) is 4.04. The quantitative estimate of drug-likeness (QED) is 0.237. The van der Waals surface area contributed by atoms with Crippen molar-refractivity contribution in [2.75, 3.05) is 0 Å². The topological polar surface area (TPSA) is 66.6 Å². The van der Waals surface area contributed by atoms with E-state index in [1.807, 2.05) is 0 Å². The Kier molecular flexibility index (Phi) is 6.63. The molecule has 3 aliphatic rings. The number of carbonyl (C=O) groups is 1. The summed E-state index contributed by atoms with van der Waals surface area (Å²) in [6, 6.07) is 0. The average molecular weight is 465 g/mol. The zero-order chi connectivity index (χ0) is 23.4. The number of rotatable bonds is 5. The molecule has 0 bridgehead atoms. The van der Waals surface area contributed by atoms with E-state index in [2.05, 4.69) is 62.3 Å². The molecule has 0 radical (unpaired) electrons. The van der Waals surface area contributed by atoms with Crippen molar-refractivity contribution in [3.05, 3.63) is 11.2 Å². The van der Waals surface area contributed by atoms with Crippen LogP contribution in [-0.4, -0.2) is 30.0 Å². The third-order valence-electron chi connectivity index (χ3n) is 7.07. The van der Waals surface area contributed by atoms with Gasteiger partial charge in [0.25, 0.3) is 8.32 Å². The average Bonchev–Trinajstić information content (AvgIpc) is 3.15. The molecule has 1 aliphatic carbocycles. The molecule has 1 amide bonds. The summed E-state index contributed by atoms with van der Waals surface area (Å²) in [5.41, 5.74) is 3.07. The fraction of sp³-hybridized carbons (Fsp3) is 0.826. The molecule has 0 aromatic carbocycles. The Morgan fingerprint density at radius 3 is 2.16 bits per heavy atom. The maximum atomic E-state index is 12.7. The van der Waals surface area contributed by atoms with Gasteiger partial charge in [-0.15, -0.1) is 5.11 Å². The largest absolute Gasteiger partial charge is 0.544 e. The third-order valence-corrected chi connectivity index (χ3v) is 15.8. The predicted octanol–water partition coefficient (Wildman–Crippen LogP) is 7.74. The Morgan fingerprint density at radius 2 is 1.68 bits per heavy atom. The van der Waals surface area contributed by atoms with Gasteiger partial charge in [-0.25, -0.2) is 4.78 Å².